The van der Waals surface area contributed by atoms with Crippen molar-refractivity contribution in [3.05, 3.63) is 46.4 Å². The van der Waals surface area contributed by atoms with E-state index in [4.69, 9.17) is 14.2 Å². The molecule has 0 aliphatic carbocycles. The first-order valence-corrected chi connectivity index (χ1v) is 6.67. The van der Waals surface area contributed by atoms with Crippen LogP contribution in [0.4, 0.5) is 13.2 Å². The lowest BCUT2D eigenvalue weighted by atomic mass is 10.2. The molecule has 0 aromatic heterocycles. The summed E-state index contributed by atoms with van der Waals surface area (Å²) in [4.78, 5) is 0. The molecule has 1 aliphatic rings. The summed E-state index contributed by atoms with van der Waals surface area (Å²) in [6.45, 7) is 0.142. The van der Waals surface area contributed by atoms with Crippen LogP contribution in [-0.4, -0.2) is 6.79 Å². The number of ether oxygens (including phenoxy) is 3. The second-order valence-electron chi connectivity index (χ2n) is 4.26. The smallest absolute Gasteiger partial charge is 0.416 e. The minimum atomic E-state index is -4.39. The molecular formula is C14H8BrF3O3. The van der Waals surface area contributed by atoms with Gasteiger partial charge in [0, 0.05) is 6.07 Å². The number of rotatable bonds is 2. The third kappa shape index (κ3) is 2.92. The van der Waals surface area contributed by atoms with Gasteiger partial charge in [0.1, 0.15) is 11.5 Å². The Balaban J connectivity index is 1.85. The van der Waals surface area contributed by atoms with Gasteiger partial charge >= 0.3 is 6.18 Å². The maximum absolute atomic E-state index is 12.6. The van der Waals surface area contributed by atoms with Crippen molar-refractivity contribution in [2.24, 2.45) is 0 Å². The standard InChI is InChI=1S/C14H8BrF3O3/c15-10-5-8(14(16,17)18)1-3-11(10)21-9-2-4-12-13(6-9)20-7-19-12/h1-6H,7H2. The minimum absolute atomic E-state index is 0.142. The molecule has 21 heavy (non-hydrogen) atoms. The van der Waals surface area contributed by atoms with Crippen LogP contribution in [0.25, 0.3) is 0 Å². The Hall–Kier alpha value is -1.89. The van der Waals surface area contributed by atoms with Crippen molar-refractivity contribution in [3.63, 3.8) is 0 Å². The van der Waals surface area contributed by atoms with Crippen LogP contribution >= 0.6 is 15.9 Å². The number of benzene rings is 2. The van der Waals surface area contributed by atoms with Gasteiger partial charge in [0.25, 0.3) is 0 Å². The fourth-order valence-electron chi connectivity index (χ4n) is 1.83. The molecule has 0 fully saturated rings. The van der Waals surface area contributed by atoms with E-state index in [9.17, 15) is 13.2 Å². The van der Waals surface area contributed by atoms with Gasteiger partial charge in [-0.3, -0.25) is 0 Å². The van der Waals surface area contributed by atoms with Gasteiger partial charge in [0.2, 0.25) is 6.79 Å². The highest BCUT2D eigenvalue weighted by Crippen LogP contribution is 2.39. The fraction of sp³-hybridized carbons (Fsp3) is 0.143. The first kappa shape index (κ1) is 14.1. The number of hydrogen-bond acceptors (Lipinski definition) is 3. The second kappa shape index (κ2) is 5.14. The molecule has 2 aromatic carbocycles. The number of fused-ring (bicyclic) bond motifs is 1. The van der Waals surface area contributed by atoms with Crippen LogP contribution in [0, 0.1) is 0 Å². The van der Waals surface area contributed by atoms with Crippen molar-refractivity contribution in [1.29, 1.82) is 0 Å². The van der Waals surface area contributed by atoms with Crippen molar-refractivity contribution >= 4 is 15.9 Å². The van der Waals surface area contributed by atoms with Gasteiger partial charge in [0.15, 0.2) is 11.5 Å². The fourth-order valence-corrected chi connectivity index (χ4v) is 2.29. The van der Waals surface area contributed by atoms with E-state index in [1.165, 1.54) is 6.07 Å². The Morgan fingerprint density at radius 3 is 2.48 bits per heavy atom. The molecule has 7 heteroatoms. The average Bonchev–Trinajstić information content (AvgIpc) is 2.87. The quantitative estimate of drug-likeness (QED) is 0.755. The first-order chi connectivity index (χ1) is 9.93. The van der Waals surface area contributed by atoms with Gasteiger partial charge in [-0.25, -0.2) is 0 Å². The first-order valence-electron chi connectivity index (χ1n) is 5.88. The van der Waals surface area contributed by atoms with E-state index >= 15 is 0 Å². The summed E-state index contributed by atoms with van der Waals surface area (Å²) in [5, 5.41) is 0. The van der Waals surface area contributed by atoms with E-state index in [1.54, 1.807) is 18.2 Å². The number of alkyl halides is 3. The summed E-state index contributed by atoms with van der Waals surface area (Å²) in [6, 6.07) is 8.15. The summed E-state index contributed by atoms with van der Waals surface area (Å²) < 4.78 is 53.9. The van der Waals surface area contributed by atoms with E-state index in [0.29, 0.717) is 17.2 Å². The lowest BCUT2D eigenvalue weighted by Gasteiger charge is -2.11. The number of hydrogen-bond donors (Lipinski definition) is 0. The highest BCUT2D eigenvalue weighted by atomic mass is 79.9. The molecule has 1 aliphatic heterocycles. The molecule has 0 atom stereocenters. The topological polar surface area (TPSA) is 27.7 Å². The molecule has 0 unspecified atom stereocenters. The van der Waals surface area contributed by atoms with Gasteiger partial charge in [-0.2, -0.15) is 13.2 Å². The van der Waals surface area contributed by atoms with Crippen LogP contribution in [0.2, 0.25) is 0 Å². The molecule has 0 saturated heterocycles. The third-order valence-corrected chi connectivity index (χ3v) is 3.45. The SMILES string of the molecule is FC(F)(F)c1ccc(Oc2ccc3c(c2)OCO3)c(Br)c1. The Morgan fingerprint density at radius 1 is 1.00 bits per heavy atom. The monoisotopic (exact) mass is 360 g/mol. The zero-order valence-electron chi connectivity index (χ0n) is 10.4. The Morgan fingerprint density at radius 2 is 1.76 bits per heavy atom. The van der Waals surface area contributed by atoms with Gasteiger partial charge in [0.05, 0.1) is 10.0 Å². The highest BCUT2D eigenvalue weighted by molar-refractivity contribution is 9.10. The van der Waals surface area contributed by atoms with Crippen molar-refractivity contribution in [2.75, 3.05) is 6.79 Å². The predicted molar refractivity (Wildman–Crippen MR) is 71.8 cm³/mol. The Labute approximate surface area is 126 Å². The van der Waals surface area contributed by atoms with Crippen LogP contribution in [0.5, 0.6) is 23.0 Å². The number of halogens is 4. The molecule has 1 heterocycles. The molecule has 3 rings (SSSR count). The van der Waals surface area contributed by atoms with Crippen LogP contribution in [0.3, 0.4) is 0 Å². The van der Waals surface area contributed by atoms with E-state index in [1.807, 2.05) is 0 Å². The predicted octanol–water partition coefficient (Wildman–Crippen LogP) is 4.99. The molecule has 0 spiro atoms. The summed E-state index contributed by atoms with van der Waals surface area (Å²) in [5.41, 5.74) is -0.743. The lowest BCUT2D eigenvalue weighted by Crippen LogP contribution is -2.04. The molecule has 0 N–H and O–H groups in total. The van der Waals surface area contributed by atoms with Crippen molar-refractivity contribution in [2.45, 2.75) is 6.18 Å². The van der Waals surface area contributed by atoms with Crippen molar-refractivity contribution in [1.82, 2.24) is 0 Å². The zero-order chi connectivity index (χ0) is 15.0. The van der Waals surface area contributed by atoms with Crippen molar-refractivity contribution < 1.29 is 27.4 Å². The normalized spacial score (nSPS) is 13.3. The van der Waals surface area contributed by atoms with Gasteiger partial charge in [-0.15, -0.1) is 0 Å². The molecular weight excluding hydrogens is 353 g/mol. The highest BCUT2D eigenvalue weighted by Gasteiger charge is 2.31. The summed E-state index contributed by atoms with van der Waals surface area (Å²) >= 11 is 3.08. The second-order valence-corrected chi connectivity index (χ2v) is 5.11. The van der Waals surface area contributed by atoms with E-state index in [0.717, 1.165) is 12.1 Å². The maximum Gasteiger partial charge on any atom is 0.416 e. The largest absolute Gasteiger partial charge is 0.456 e. The molecule has 0 amide bonds. The molecule has 0 saturated carbocycles. The molecule has 0 radical (unpaired) electrons. The van der Waals surface area contributed by atoms with Gasteiger partial charge in [-0.05, 0) is 46.3 Å². The van der Waals surface area contributed by atoms with Gasteiger partial charge < -0.3 is 14.2 Å². The minimum Gasteiger partial charge on any atom is -0.456 e. The van der Waals surface area contributed by atoms with Crippen molar-refractivity contribution in [3.8, 4) is 23.0 Å². The Bertz CT molecular complexity index is 686. The summed E-state index contributed by atoms with van der Waals surface area (Å²) in [5.74, 6) is 1.87. The van der Waals surface area contributed by atoms with Crippen LogP contribution in [0.1, 0.15) is 5.56 Å². The maximum atomic E-state index is 12.6. The van der Waals surface area contributed by atoms with Crippen LogP contribution in [-0.2, 0) is 6.18 Å². The molecule has 2 aromatic rings. The van der Waals surface area contributed by atoms with E-state index < -0.39 is 11.7 Å². The van der Waals surface area contributed by atoms with E-state index in [-0.39, 0.29) is 17.0 Å². The van der Waals surface area contributed by atoms with Gasteiger partial charge in [-0.1, -0.05) is 0 Å². The molecule has 0 bridgehead atoms. The molecule has 110 valence electrons. The van der Waals surface area contributed by atoms with Crippen LogP contribution in [0.15, 0.2) is 40.9 Å². The third-order valence-electron chi connectivity index (χ3n) is 2.83. The van der Waals surface area contributed by atoms with E-state index in [2.05, 4.69) is 15.9 Å². The Kier molecular flexibility index (Phi) is 3.44. The van der Waals surface area contributed by atoms with Crippen LogP contribution < -0.4 is 14.2 Å². The average molecular weight is 361 g/mol. The molecule has 3 nitrogen and oxygen atoms in total. The lowest BCUT2D eigenvalue weighted by molar-refractivity contribution is -0.137. The zero-order valence-corrected chi connectivity index (χ0v) is 12.0. The summed E-state index contributed by atoms with van der Waals surface area (Å²) in [7, 11) is 0. The summed E-state index contributed by atoms with van der Waals surface area (Å²) in [6.07, 6.45) is -4.39.